The first-order chi connectivity index (χ1) is 64.8. The molecule has 4 aromatic heterocycles. The number of nitrogens with zero attached hydrogens (tertiary/aromatic N) is 4. The van der Waals surface area contributed by atoms with Crippen LogP contribution in [0.25, 0.3) is 241 Å². The monoisotopic (exact) mass is 1750 g/mol. The Kier molecular flexibility index (Phi) is 18.7. The van der Waals surface area contributed by atoms with Crippen molar-refractivity contribution in [3.8, 4) is 77.9 Å². The van der Waals surface area contributed by atoms with E-state index in [2.05, 4.69) is 483 Å². The van der Waals surface area contributed by atoms with E-state index in [0.717, 1.165) is 65.1 Å². The molecule has 0 unspecified atom stereocenters. The van der Waals surface area contributed by atoms with Gasteiger partial charge in [0.15, 0.2) is 0 Å². The van der Waals surface area contributed by atoms with E-state index in [0.29, 0.717) is 0 Å². The van der Waals surface area contributed by atoms with Gasteiger partial charge in [0, 0.05) is 26.0 Å². The fraction of sp³-hybridized carbons (Fsp3) is 0.0484. The van der Waals surface area contributed by atoms with Crippen LogP contribution >= 0.6 is 15.9 Å². The van der Waals surface area contributed by atoms with Crippen LogP contribution in [0.5, 0.6) is 0 Å². The van der Waals surface area contributed by atoms with Gasteiger partial charge < -0.3 is 9.31 Å². The molecule has 132 heavy (non-hydrogen) atoms. The van der Waals surface area contributed by atoms with Crippen LogP contribution in [0.3, 0.4) is 0 Å². The topological polar surface area (TPSA) is 53.1 Å². The second kappa shape index (κ2) is 31.3. The van der Waals surface area contributed by atoms with Gasteiger partial charge in [-0.15, -0.1) is 0 Å². The molecule has 0 bridgehead atoms. The molecule has 0 spiro atoms. The molecule has 1 fully saturated rings. The van der Waals surface area contributed by atoms with Gasteiger partial charge >= 0.3 is 7.12 Å². The Bertz CT molecular complexity index is 9260. The molecule has 5 heterocycles. The van der Waals surface area contributed by atoms with Crippen molar-refractivity contribution in [3.05, 3.63) is 441 Å². The summed E-state index contributed by atoms with van der Waals surface area (Å²) in [6.45, 7) is 8.35. The van der Waals surface area contributed by atoms with Gasteiger partial charge in [0.05, 0.1) is 44.3 Å². The third-order valence-electron chi connectivity index (χ3n) is 28.0. The van der Waals surface area contributed by atoms with Gasteiger partial charge in [-0.3, -0.25) is 8.80 Å². The van der Waals surface area contributed by atoms with Crippen LogP contribution in [0.2, 0.25) is 0 Å². The number of hydrogen-bond donors (Lipinski definition) is 0. The Hall–Kier alpha value is -15.7. The maximum absolute atomic E-state index is 6.31. The van der Waals surface area contributed by atoms with Crippen LogP contribution in [0.4, 0.5) is 0 Å². The first-order valence-electron chi connectivity index (χ1n) is 45.4. The van der Waals surface area contributed by atoms with E-state index in [4.69, 9.17) is 19.3 Å². The van der Waals surface area contributed by atoms with Crippen molar-refractivity contribution < 1.29 is 9.31 Å². The van der Waals surface area contributed by atoms with Crippen LogP contribution in [0.1, 0.15) is 27.7 Å². The number of hydrogen-bond acceptors (Lipinski definition) is 4. The summed E-state index contributed by atoms with van der Waals surface area (Å²) in [4.78, 5) is 10.0. The second-order valence-electron chi connectivity index (χ2n) is 36.2. The highest BCUT2D eigenvalue weighted by Crippen LogP contribution is 2.50. The highest BCUT2D eigenvalue weighted by atomic mass is 79.9. The molecule has 0 radical (unpaired) electrons. The van der Waals surface area contributed by atoms with Crippen LogP contribution in [-0.2, 0) is 9.31 Å². The maximum Gasteiger partial charge on any atom is 0.494 e. The van der Waals surface area contributed by atoms with Crippen LogP contribution in [-0.4, -0.2) is 37.1 Å². The van der Waals surface area contributed by atoms with Crippen LogP contribution in [0, 0.1) is 0 Å². The minimum atomic E-state index is -0.381. The van der Waals surface area contributed by atoms with Crippen molar-refractivity contribution in [2.45, 2.75) is 38.9 Å². The van der Waals surface area contributed by atoms with Crippen molar-refractivity contribution in [2.75, 3.05) is 0 Å². The minimum absolute atomic E-state index is 0.362. The number of imidazole rings is 2. The number of aromatic nitrogens is 4. The number of pyridine rings is 2. The Labute approximate surface area is 771 Å². The molecular weight excluding hydrogens is 1670 g/mol. The summed E-state index contributed by atoms with van der Waals surface area (Å²) >= 11 is 3.60. The van der Waals surface area contributed by atoms with Crippen molar-refractivity contribution in [1.29, 1.82) is 0 Å². The molecule has 6 nitrogen and oxygen atoms in total. The van der Waals surface area contributed by atoms with E-state index >= 15 is 0 Å². The molecule has 0 aliphatic carbocycles. The first-order valence-corrected chi connectivity index (χ1v) is 46.2. The second-order valence-corrected chi connectivity index (χ2v) is 37.1. The van der Waals surface area contributed by atoms with Gasteiger partial charge in [-0.05, 0) is 299 Å². The number of fused-ring (bicyclic) bond motifs is 24. The largest absolute Gasteiger partial charge is 0.494 e. The summed E-state index contributed by atoms with van der Waals surface area (Å²) in [6, 6.07) is 159. The molecule has 0 N–H and O–H groups in total. The van der Waals surface area contributed by atoms with Gasteiger partial charge in [0.2, 0.25) is 0 Å². The van der Waals surface area contributed by atoms with E-state index in [9.17, 15) is 0 Å². The zero-order valence-electron chi connectivity index (χ0n) is 73.1. The van der Waals surface area contributed by atoms with Crippen molar-refractivity contribution in [1.82, 2.24) is 18.8 Å². The molecule has 0 atom stereocenters. The van der Waals surface area contributed by atoms with Crippen molar-refractivity contribution >= 4 is 191 Å². The molecule has 0 saturated carbocycles. The lowest BCUT2D eigenvalue weighted by atomic mass is 9.78. The Morgan fingerprint density at radius 3 is 0.871 bits per heavy atom. The molecule has 26 aromatic rings. The lowest BCUT2D eigenvalue weighted by Crippen LogP contribution is -2.41. The molecule has 1 aliphatic heterocycles. The van der Waals surface area contributed by atoms with E-state index in [1.807, 2.05) is 6.07 Å². The fourth-order valence-electron chi connectivity index (χ4n) is 20.8. The molecule has 1 aliphatic rings. The number of benzene rings is 22. The van der Waals surface area contributed by atoms with Gasteiger partial charge in [0.25, 0.3) is 0 Å². The fourth-order valence-corrected chi connectivity index (χ4v) is 21.0. The molecule has 22 aromatic carbocycles. The SMILES string of the molecule is Brc1ccc(-c2ccc3c(-c4ccc5ccccc5c4)c4ccccc4c(-c4ccc5ccccc5c4)c3c2)cc1.CC1(C)OB(c2ccc3c(c2)c2ccccc2c2nc4ccccc4n32)OC1(C)C.c1ccc2cc(-c3c4ccccc4c(-c4ccc5ccccc5c4)c4cc(-c5ccc(-c6ccc7c(c6)c6ccccc6c6nc8ccccc8n76)cc5)ccc34)ccc2c1. The molecular formula is C124H84BBrN4O2. The summed E-state index contributed by atoms with van der Waals surface area (Å²) in [5, 5.41) is 27.2. The summed E-state index contributed by atoms with van der Waals surface area (Å²) in [5.74, 6) is 0. The van der Waals surface area contributed by atoms with Gasteiger partial charge in [-0.1, -0.05) is 362 Å². The Morgan fingerprint density at radius 2 is 0.485 bits per heavy atom. The normalized spacial score (nSPS) is 13.2. The maximum atomic E-state index is 6.31. The van der Waals surface area contributed by atoms with Crippen molar-refractivity contribution in [2.24, 2.45) is 0 Å². The zero-order chi connectivity index (χ0) is 88.0. The minimum Gasteiger partial charge on any atom is -0.399 e. The van der Waals surface area contributed by atoms with Gasteiger partial charge in [0.1, 0.15) is 11.3 Å². The third-order valence-corrected chi connectivity index (χ3v) is 28.5. The van der Waals surface area contributed by atoms with E-state index < -0.39 is 0 Å². The highest BCUT2D eigenvalue weighted by Gasteiger charge is 2.52. The van der Waals surface area contributed by atoms with Crippen LogP contribution in [0.15, 0.2) is 441 Å². The summed E-state index contributed by atoms with van der Waals surface area (Å²) in [6.07, 6.45) is 0. The smallest absolute Gasteiger partial charge is 0.399 e. The summed E-state index contributed by atoms with van der Waals surface area (Å²) < 4.78 is 18.3. The number of rotatable bonds is 8. The predicted molar refractivity (Wildman–Crippen MR) is 563 cm³/mol. The quantitative estimate of drug-likeness (QED) is 0.0864. The zero-order valence-corrected chi connectivity index (χ0v) is 74.7. The van der Waals surface area contributed by atoms with E-state index in [1.54, 1.807) is 0 Å². The predicted octanol–water partition coefficient (Wildman–Crippen LogP) is 33.2. The molecule has 27 rings (SSSR count). The Balaban J connectivity index is 0.000000114. The van der Waals surface area contributed by atoms with Crippen LogP contribution < -0.4 is 5.46 Å². The standard InChI is InChI=1S/C59H36N2.C40H25Br.C25H23BN2O2/c1-3-13-41-33-45(27-25-37(41)11-1)57-48-16-6-7-17-49(48)58(46-28-26-38-12-2-4-14-42(38)34-46)53-36-43(29-31-50(53)57)39-21-23-40(24-22-39)44-30-32-55-52(35-44)47-15-5-8-18-51(47)59-60-54-19-9-10-20-56(54)61(55)59;41-34-20-17-28(18-21-34)31-19-22-37-38(25-31)40(33-16-14-27-8-2-4-10-30(27)24-33)36-12-6-5-11-35(36)39(37)32-15-13-26-7-1-3-9-29(26)23-32;1-24(2)25(3,4)30-26(29-24)16-13-14-21-19(15-16)17-9-5-6-10-18(17)23-27-20-11-7-8-12-22(20)28(21)23/h1-36H;1-25H;5-15H,1-4H3. The first kappa shape index (κ1) is 78.6. The molecule has 8 heteroatoms. The third kappa shape index (κ3) is 13.2. The lowest BCUT2D eigenvalue weighted by molar-refractivity contribution is 0.00578. The lowest BCUT2D eigenvalue weighted by Gasteiger charge is -2.32. The summed E-state index contributed by atoms with van der Waals surface area (Å²) in [7, 11) is -0.381. The van der Waals surface area contributed by atoms with E-state index in [-0.39, 0.29) is 18.3 Å². The van der Waals surface area contributed by atoms with Crippen molar-refractivity contribution in [3.63, 3.8) is 0 Å². The van der Waals surface area contributed by atoms with Gasteiger partial charge in [-0.25, -0.2) is 9.97 Å². The molecule has 0 amide bonds. The van der Waals surface area contributed by atoms with Gasteiger partial charge in [-0.2, -0.15) is 0 Å². The average Bonchev–Trinajstić information content (AvgIpc) is 1.39. The number of halogens is 1. The molecule has 1 saturated heterocycles. The summed E-state index contributed by atoms with van der Waals surface area (Å²) in [5.41, 5.74) is 26.1. The number of para-hydroxylation sites is 4. The average molecular weight is 1750 g/mol. The highest BCUT2D eigenvalue weighted by molar-refractivity contribution is 9.10. The Morgan fingerprint density at radius 1 is 0.212 bits per heavy atom. The molecule has 622 valence electrons. The van der Waals surface area contributed by atoms with E-state index in [1.165, 1.54) is 186 Å².